The first-order valence-electron chi connectivity index (χ1n) is 7.07. The molecular formula is C16H20N4. The van der Waals surface area contributed by atoms with Gasteiger partial charge < -0.3 is 5.32 Å². The van der Waals surface area contributed by atoms with Crippen molar-refractivity contribution in [1.29, 1.82) is 5.26 Å². The smallest absolute Gasteiger partial charge is 0.217 e. The molecule has 0 aliphatic heterocycles. The van der Waals surface area contributed by atoms with Crippen molar-refractivity contribution in [3.8, 4) is 11.8 Å². The fourth-order valence-corrected chi connectivity index (χ4v) is 2.37. The van der Waals surface area contributed by atoms with Crippen LogP contribution in [-0.2, 0) is 0 Å². The van der Waals surface area contributed by atoms with E-state index in [2.05, 4.69) is 36.3 Å². The molecule has 1 heterocycles. The van der Waals surface area contributed by atoms with Crippen LogP contribution in [0.25, 0.3) is 5.69 Å². The monoisotopic (exact) mass is 268 g/mol. The van der Waals surface area contributed by atoms with Crippen molar-refractivity contribution in [3.63, 3.8) is 0 Å². The summed E-state index contributed by atoms with van der Waals surface area (Å²) in [5.74, 6) is 0.419. The molecule has 1 aromatic carbocycles. The molecule has 1 atom stereocenters. The van der Waals surface area contributed by atoms with Gasteiger partial charge in [-0.3, -0.25) is 4.57 Å². The van der Waals surface area contributed by atoms with Gasteiger partial charge in [-0.15, -0.1) is 0 Å². The standard InChI is InChI=1S/C16H20N4/c1-3-9-18-14(4-2)13-7-5-6-8-15(13)20-11-10-19-16(20)12-17/h5-8,10-11,14,18H,3-4,9H2,1-2H3. The molecule has 4 nitrogen and oxygen atoms in total. The summed E-state index contributed by atoms with van der Waals surface area (Å²) in [6.45, 7) is 5.32. The molecule has 104 valence electrons. The second-order valence-corrected chi connectivity index (χ2v) is 4.71. The lowest BCUT2D eigenvalue weighted by Gasteiger charge is -2.21. The molecule has 0 spiro atoms. The quantitative estimate of drug-likeness (QED) is 0.875. The Labute approximate surface area is 120 Å². The summed E-state index contributed by atoms with van der Waals surface area (Å²) in [7, 11) is 0. The van der Waals surface area contributed by atoms with E-state index in [1.165, 1.54) is 5.56 Å². The number of hydrogen-bond donors (Lipinski definition) is 1. The number of nitrogens with one attached hydrogen (secondary N) is 1. The number of nitrogens with zero attached hydrogens (tertiary/aromatic N) is 3. The lowest BCUT2D eigenvalue weighted by molar-refractivity contribution is 0.516. The van der Waals surface area contributed by atoms with Crippen molar-refractivity contribution in [1.82, 2.24) is 14.9 Å². The fourth-order valence-electron chi connectivity index (χ4n) is 2.37. The third kappa shape index (κ3) is 2.89. The van der Waals surface area contributed by atoms with Crippen LogP contribution in [0.4, 0.5) is 0 Å². The summed E-state index contributed by atoms with van der Waals surface area (Å²) in [4.78, 5) is 4.08. The van der Waals surface area contributed by atoms with Crippen molar-refractivity contribution in [2.45, 2.75) is 32.7 Å². The molecule has 2 aromatic rings. The third-order valence-electron chi connectivity index (χ3n) is 3.36. The van der Waals surface area contributed by atoms with E-state index in [1.807, 2.05) is 29.0 Å². The number of hydrogen-bond acceptors (Lipinski definition) is 3. The molecule has 0 saturated heterocycles. The zero-order chi connectivity index (χ0) is 14.4. The van der Waals surface area contributed by atoms with Gasteiger partial charge in [-0.1, -0.05) is 32.0 Å². The van der Waals surface area contributed by atoms with E-state index >= 15 is 0 Å². The fraction of sp³-hybridized carbons (Fsp3) is 0.375. The van der Waals surface area contributed by atoms with Crippen LogP contribution in [0.5, 0.6) is 0 Å². The number of benzene rings is 1. The van der Waals surface area contributed by atoms with Gasteiger partial charge in [-0.05, 0) is 31.0 Å². The van der Waals surface area contributed by atoms with Crippen molar-refractivity contribution >= 4 is 0 Å². The molecule has 0 fully saturated rings. The van der Waals surface area contributed by atoms with Gasteiger partial charge in [0.05, 0.1) is 5.69 Å². The number of aromatic nitrogens is 2. The van der Waals surface area contributed by atoms with Crippen LogP contribution in [0.2, 0.25) is 0 Å². The van der Waals surface area contributed by atoms with E-state index in [1.54, 1.807) is 6.20 Å². The van der Waals surface area contributed by atoms with Gasteiger partial charge >= 0.3 is 0 Å². The average molecular weight is 268 g/mol. The van der Waals surface area contributed by atoms with Gasteiger partial charge in [0.25, 0.3) is 0 Å². The number of para-hydroxylation sites is 1. The van der Waals surface area contributed by atoms with Crippen molar-refractivity contribution in [3.05, 3.63) is 48.0 Å². The van der Waals surface area contributed by atoms with Crippen LogP contribution in [0, 0.1) is 11.3 Å². The van der Waals surface area contributed by atoms with E-state index in [0.717, 1.165) is 25.1 Å². The molecule has 0 bridgehead atoms. The summed E-state index contributed by atoms with van der Waals surface area (Å²) in [5, 5.41) is 12.7. The van der Waals surface area contributed by atoms with Crippen LogP contribution in [0.1, 0.15) is 44.1 Å². The van der Waals surface area contributed by atoms with Crippen molar-refractivity contribution < 1.29 is 0 Å². The number of imidazole rings is 1. The maximum Gasteiger partial charge on any atom is 0.217 e. The van der Waals surface area contributed by atoms with Gasteiger partial charge in [0, 0.05) is 18.4 Å². The second-order valence-electron chi connectivity index (χ2n) is 4.71. The molecular weight excluding hydrogens is 248 g/mol. The molecule has 0 saturated carbocycles. The Morgan fingerprint density at radius 1 is 1.35 bits per heavy atom. The second kappa shape index (κ2) is 6.88. The highest BCUT2D eigenvalue weighted by Crippen LogP contribution is 2.24. The predicted molar refractivity (Wildman–Crippen MR) is 79.6 cm³/mol. The normalized spacial score (nSPS) is 12.1. The highest BCUT2D eigenvalue weighted by atomic mass is 15.1. The zero-order valence-electron chi connectivity index (χ0n) is 12.0. The molecule has 0 amide bonds. The Morgan fingerprint density at radius 2 is 2.15 bits per heavy atom. The predicted octanol–water partition coefficient (Wildman–Crippen LogP) is 3.19. The Balaban J connectivity index is 2.42. The van der Waals surface area contributed by atoms with E-state index < -0.39 is 0 Å². The summed E-state index contributed by atoms with van der Waals surface area (Å²) < 4.78 is 1.85. The Kier molecular flexibility index (Phi) is 4.91. The first kappa shape index (κ1) is 14.3. The summed E-state index contributed by atoms with van der Waals surface area (Å²) >= 11 is 0. The van der Waals surface area contributed by atoms with Crippen molar-refractivity contribution in [2.75, 3.05) is 6.54 Å². The lowest BCUT2D eigenvalue weighted by Crippen LogP contribution is -2.22. The molecule has 20 heavy (non-hydrogen) atoms. The Morgan fingerprint density at radius 3 is 2.85 bits per heavy atom. The van der Waals surface area contributed by atoms with E-state index in [4.69, 9.17) is 5.26 Å². The van der Waals surface area contributed by atoms with Gasteiger partial charge in [-0.2, -0.15) is 5.26 Å². The molecule has 1 unspecified atom stereocenters. The van der Waals surface area contributed by atoms with Crippen molar-refractivity contribution in [2.24, 2.45) is 0 Å². The van der Waals surface area contributed by atoms with Crippen LogP contribution < -0.4 is 5.32 Å². The molecule has 1 N–H and O–H groups in total. The van der Waals surface area contributed by atoms with Crippen LogP contribution >= 0.6 is 0 Å². The molecule has 0 aliphatic rings. The highest BCUT2D eigenvalue weighted by molar-refractivity contribution is 5.45. The highest BCUT2D eigenvalue weighted by Gasteiger charge is 2.15. The molecule has 1 aromatic heterocycles. The third-order valence-corrected chi connectivity index (χ3v) is 3.36. The summed E-state index contributed by atoms with van der Waals surface area (Å²) in [6.07, 6.45) is 5.61. The number of nitriles is 1. The largest absolute Gasteiger partial charge is 0.310 e. The van der Waals surface area contributed by atoms with Crippen LogP contribution in [-0.4, -0.2) is 16.1 Å². The molecule has 0 aliphatic carbocycles. The first-order valence-corrected chi connectivity index (χ1v) is 7.07. The van der Waals surface area contributed by atoms with Gasteiger partial charge in [0.15, 0.2) is 0 Å². The lowest BCUT2D eigenvalue weighted by atomic mass is 10.0. The van der Waals surface area contributed by atoms with Crippen LogP contribution in [0.3, 0.4) is 0 Å². The Hall–Kier alpha value is -2.12. The van der Waals surface area contributed by atoms with E-state index in [0.29, 0.717) is 11.9 Å². The molecule has 4 heteroatoms. The van der Waals surface area contributed by atoms with E-state index in [9.17, 15) is 0 Å². The molecule has 0 radical (unpaired) electrons. The minimum atomic E-state index is 0.292. The van der Waals surface area contributed by atoms with Crippen LogP contribution in [0.15, 0.2) is 36.7 Å². The van der Waals surface area contributed by atoms with Gasteiger partial charge in [-0.25, -0.2) is 4.98 Å². The first-order chi connectivity index (χ1) is 9.81. The Bertz CT molecular complexity index is 595. The summed E-state index contributed by atoms with van der Waals surface area (Å²) in [5.41, 5.74) is 2.23. The molecule has 2 rings (SSSR count). The zero-order valence-corrected chi connectivity index (χ0v) is 12.0. The number of rotatable bonds is 6. The van der Waals surface area contributed by atoms with Gasteiger partial charge in [0.2, 0.25) is 5.82 Å². The van der Waals surface area contributed by atoms with Gasteiger partial charge in [0.1, 0.15) is 6.07 Å². The topological polar surface area (TPSA) is 53.6 Å². The average Bonchev–Trinajstić information content (AvgIpc) is 2.97. The minimum absolute atomic E-state index is 0.292. The maximum atomic E-state index is 9.15. The minimum Gasteiger partial charge on any atom is -0.310 e. The maximum absolute atomic E-state index is 9.15. The SMILES string of the molecule is CCCNC(CC)c1ccccc1-n1ccnc1C#N. The summed E-state index contributed by atoms with van der Waals surface area (Å²) in [6, 6.07) is 10.6. The van der Waals surface area contributed by atoms with E-state index in [-0.39, 0.29) is 0 Å².